The highest BCUT2D eigenvalue weighted by atomic mass is 32.2. The van der Waals surface area contributed by atoms with Crippen molar-refractivity contribution in [2.45, 2.75) is 25.4 Å². The second-order valence-corrected chi connectivity index (χ2v) is 5.00. The van der Waals surface area contributed by atoms with Gasteiger partial charge >= 0.3 is 0 Å². The molecule has 0 fully saturated rings. The van der Waals surface area contributed by atoms with Crippen LogP contribution in [0.15, 0.2) is 30.3 Å². The van der Waals surface area contributed by atoms with E-state index in [1.165, 1.54) is 5.56 Å². The average Bonchev–Trinajstić information content (AvgIpc) is 2.35. The molecule has 0 spiro atoms. The number of hydrogen-bond acceptors (Lipinski definition) is 3. The summed E-state index contributed by atoms with van der Waals surface area (Å²) < 4.78 is 0. The van der Waals surface area contributed by atoms with Gasteiger partial charge in [-0.2, -0.15) is 11.8 Å². The highest BCUT2D eigenvalue weighted by molar-refractivity contribution is 7.98. The molecular weight excluding hydrogens is 216 g/mol. The normalized spacial score (nSPS) is 14.7. The Morgan fingerprint density at radius 1 is 1.31 bits per heavy atom. The summed E-state index contributed by atoms with van der Waals surface area (Å²) in [6, 6.07) is 11.3. The molecule has 2 atom stereocenters. The minimum atomic E-state index is 0.372. The van der Waals surface area contributed by atoms with E-state index in [4.69, 9.17) is 5.73 Å². The van der Waals surface area contributed by atoms with Crippen molar-refractivity contribution in [2.24, 2.45) is 5.73 Å². The van der Waals surface area contributed by atoms with E-state index in [1.54, 1.807) is 0 Å². The van der Waals surface area contributed by atoms with Crippen LogP contribution in [0.4, 0.5) is 0 Å². The van der Waals surface area contributed by atoms with Gasteiger partial charge in [0.15, 0.2) is 0 Å². The summed E-state index contributed by atoms with van der Waals surface area (Å²) in [6.45, 7) is 2.90. The zero-order valence-electron chi connectivity index (χ0n) is 10.1. The van der Waals surface area contributed by atoms with Gasteiger partial charge in [-0.05, 0) is 30.9 Å². The van der Waals surface area contributed by atoms with Gasteiger partial charge < -0.3 is 11.1 Å². The van der Waals surface area contributed by atoms with Gasteiger partial charge in [0.2, 0.25) is 0 Å². The molecule has 0 bridgehead atoms. The van der Waals surface area contributed by atoms with E-state index in [2.05, 4.69) is 42.8 Å². The van der Waals surface area contributed by atoms with Crippen molar-refractivity contribution >= 4 is 11.8 Å². The van der Waals surface area contributed by atoms with Gasteiger partial charge in [0, 0.05) is 18.6 Å². The molecule has 2 nitrogen and oxygen atoms in total. The van der Waals surface area contributed by atoms with Gasteiger partial charge in [-0.15, -0.1) is 0 Å². The number of nitrogens with two attached hydrogens (primary N) is 1. The third kappa shape index (κ3) is 4.56. The zero-order valence-corrected chi connectivity index (χ0v) is 11.0. The molecule has 90 valence electrons. The van der Waals surface area contributed by atoms with Gasteiger partial charge in [0.25, 0.3) is 0 Å². The van der Waals surface area contributed by atoms with Gasteiger partial charge in [0.1, 0.15) is 0 Å². The van der Waals surface area contributed by atoms with Crippen molar-refractivity contribution in [3.8, 4) is 0 Å². The Labute approximate surface area is 103 Å². The number of rotatable bonds is 7. The Balaban J connectivity index is 2.45. The lowest BCUT2D eigenvalue weighted by Gasteiger charge is -2.22. The van der Waals surface area contributed by atoms with Crippen LogP contribution < -0.4 is 11.1 Å². The third-order valence-corrected chi connectivity index (χ3v) is 3.38. The van der Waals surface area contributed by atoms with Crippen LogP contribution in [-0.2, 0) is 0 Å². The highest BCUT2D eigenvalue weighted by Crippen LogP contribution is 2.13. The molecule has 3 N–H and O–H groups in total. The molecule has 1 rings (SSSR count). The summed E-state index contributed by atoms with van der Waals surface area (Å²) in [5.74, 6) is 1.16. The van der Waals surface area contributed by atoms with Crippen molar-refractivity contribution in [1.29, 1.82) is 0 Å². The molecule has 0 heterocycles. The fourth-order valence-corrected chi connectivity index (χ4v) is 2.24. The van der Waals surface area contributed by atoms with Gasteiger partial charge in [0.05, 0.1) is 0 Å². The first-order chi connectivity index (χ1) is 7.77. The molecule has 1 aromatic rings. The maximum Gasteiger partial charge on any atom is 0.0294 e. The average molecular weight is 238 g/mol. The van der Waals surface area contributed by atoms with Crippen molar-refractivity contribution in [2.75, 3.05) is 18.6 Å². The lowest BCUT2D eigenvalue weighted by molar-refractivity contribution is 0.451. The Morgan fingerprint density at radius 2 is 2.00 bits per heavy atom. The van der Waals surface area contributed by atoms with Crippen LogP contribution in [0, 0.1) is 0 Å². The van der Waals surface area contributed by atoms with Crippen LogP contribution in [0.3, 0.4) is 0 Å². The lowest BCUT2D eigenvalue weighted by Crippen LogP contribution is -2.38. The first-order valence-corrected chi connectivity index (χ1v) is 7.17. The quantitative estimate of drug-likeness (QED) is 0.766. The molecule has 0 aliphatic carbocycles. The maximum absolute atomic E-state index is 5.77. The molecule has 0 aromatic heterocycles. The zero-order chi connectivity index (χ0) is 11.8. The summed E-state index contributed by atoms with van der Waals surface area (Å²) in [4.78, 5) is 0. The molecule has 1 aromatic carbocycles. The highest BCUT2D eigenvalue weighted by Gasteiger charge is 2.11. The molecular formula is C13H22N2S. The van der Waals surface area contributed by atoms with E-state index in [0.717, 1.165) is 12.2 Å². The Kier molecular flexibility index (Phi) is 6.53. The lowest BCUT2D eigenvalue weighted by atomic mass is 10.1. The molecule has 0 amide bonds. The summed E-state index contributed by atoms with van der Waals surface area (Å²) in [7, 11) is 0. The Hall–Kier alpha value is -0.510. The molecule has 0 saturated heterocycles. The Morgan fingerprint density at radius 3 is 2.56 bits per heavy atom. The SMILES string of the molecule is CSCCC(CN)NC(C)c1ccccc1. The van der Waals surface area contributed by atoms with Crippen LogP contribution >= 0.6 is 11.8 Å². The van der Waals surface area contributed by atoms with Crippen molar-refractivity contribution in [1.82, 2.24) is 5.32 Å². The fraction of sp³-hybridized carbons (Fsp3) is 0.538. The number of hydrogen-bond donors (Lipinski definition) is 2. The van der Waals surface area contributed by atoms with Crippen LogP contribution in [0.5, 0.6) is 0 Å². The van der Waals surface area contributed by atoms with E-state index in [0.29, 0.717) is 18.6 Å². The van der Waals surface area contributed by atoms with E-state index < -0.39 is 0 Å². The second-order valence-electron chi connectivity index (χ2n) is 4.01. The maximum atomic E-state index is 5.77. The topological polar surface area (TPSA) is 38.0 Å². The van der Waals surface area contributed by atoms with E-state index in [9.17, 15) is 0 Å². The van der Waals surface area contributed by atoms with Crippen molar-refractivity contribution in [3.05, 3.63) is 35.9 Å². The molecule has 0 radical (unpaired) electrons. The predicted molar refractivity (Wildman–Crippen MR) is 73.8 cm³/mol. The molecule has 3 heteroatoms. The molecule has 16 heavy (non-hydrogen) atoms. The standard InChI is InChI=1S/C13H22N2S/c1-11(12-6-4-3-5-7-12)15-13(10-14)8-9-16-2/h3-7,11,13,15H,8-10,14H2,1-2H3. The largest absolute Gasteiger partial charge is 0.329 e. The van der Waals surface area contributed by atoms with Crippen LogP contribution in [0.2, 0.25) is 0 Å². The van der Waals surface area contributed by atoms with Crippen LogP contribution in [0.25, 0.3) is 0 Å². The number of benzene rings is 1. The monoisotopic (exact) mass is 238 g/mol. The van der Waals surface area contributed by atoms with Crippen LogP contribution in [-0.4, -0.2) is 24.6 Å². The Bertz CT molecular complexity index is 277. The predicted octanol–water partition coefficient (Wildman–Crippen LogP) is 2.42. The van der Waals surface area contributed by atoms with E-state index >= 15 is 0 Å². The molecule has 0 aliphatic rings. The minimum absolute atomic E-state index is 0.372. The summed E-state index contributed by atoms with van der Waals surface area (Å²) >= 11 is 1.87. The minimum Gasteiger partial charge on any atom is -0.329 e. The number of nitrogens with one attached hydrogen (secondary N) is 1. The molecule has 0 saturated carbocycles. The number of thioether (sulfide) groups is 1. The smallest absolute Gasteiger partial charge is 0.0294 e. The third-order valence-electron chi connectivity index (χ3n) is 2.74. The summed E-state index contributed by atoms with van der Waals surface area (Å²) in [5, 5.41) is 3.58. The van der Waals surface area contributed by atoms with E-state index in [1.807, 2.05) is 17.8 Å². The fourth-order valence-electron chi connectivity index (χ4n) is 1.72. The van der Waals surface area contributed by atoms with Gasteiger partial charge in [-0.1, -0.05) is 30.3 Å². The summed E-state index contributed by atoms with van der Waals surface area (Å²) in [6.07, 6.45) is 3.27. The first kappa shape index (κ1) is 13.6. The van der Waals surface area contributed by atoms with Crippen molar-refractivity contribution < 1.29 is 0 Å². The van der Waals surface area contributed by atoms with Crippen molar-refractivity contribution in [3.63, 3.8) is 0 Å². The molecule has 0 aliphatic heterocycles. The van der Waals surface area contributed by atoms with Gasteiger partial charge in [-0.3, -0.25) is 0 Å². The second kappa shape index (κ2) is 7.71. The first-order valence-electron chi connectivity index (χ1n) is 5.78. The van der Waals surface area contributed by atoms with Crippen LogP contribution in [0.1, 0.15) is 24.9 Å². The van der Waals surface area contributed by atoms with Gasteiger partial charge in [-0.25, -0.2) is 0 Å². The van der Waals surface area contributed by atoms with E-state index in [-0.39, 0.29) is 0 Å². The summed E-state index contributed by atoms with van der Waals surface area (Å²) in [5.41, 5.74) is 7.09. The molecule has 2 unspecified atom stereocenters.